The van der Waals surface area contributed by atoms with Gasteiger partial charge in [0.2, 0.25) is 11.7 Å². The second-order valence-corrected chi connectivity index (χ2v) is 5.81. The van der Waals surface area contributed by atoms with Crippen molar-refractivity contribution in [3.8, 4) is 11.5 Å². The topological polar surface area (TPSA) is 153 Å². The first-order valence-electron chi connectivity index (χ1n) is 7.25. The summed E-state index contributed by atoms with van der Waals surface area (Å²) in [6, 6.07) is 0. The first kappa shape index (κ1) is 19.6. The Morgan fingerprint density at radius 1 is 1.42 bits per heavy atom. The van der Waals surface area contributed by atoms with Crippen molar-refractivity contribution in [3.05, 3.63) is 16.9 Å². The number of aromatic hydroxyl groups is 2. The highest BCUT2D eigenvalue weighted by Crippen LogP contribution is 2.45. The number of carbonyl (C=O) groups is 3. The molecule has 1 aromatic carbocycles. The fourth-order valence-corrected chi connectivity index (χ4v) is 2.83. The molecule has 2 rings (SSSR count). The molecular formula is C14H14B2FN3O6. The van der Waals surface area contributed by atoms with E-state index in [0.29, 0.717) is 4.90 Å². The number of carbonyl (C=O) groups excluding carboxylic acids is 3. The minimum Gasteiger partial charge on any atom is -0.504 e. The molecule has 0 aliphatic carbocycles. The van der Waals surface area contributed by atoms with Crippen LogP contribution in [0.15, 0.2) is 0 Å². The number of phenolic OH excluding ortho intramolecular Hbond substituents is 2. The van der Waals surface area contributed by atoms with Gasteiger partial charge in [-0.3, -0.25) is 9.59 Å². The van der Waals surface area contributed by atoms with Crippen LogP contribution in [0.3, 0.4) is 0 Å². The van der Waals surface area contributed by atoms with Gasteiger partial charge in [0.05, 0.1) is 22.2 Å². The second-order valence-electron chi connectivity index (χ2n) is 5.81. The van der Waals surface area contributed by atoms with E-state index in [4.69, 9.17) is 21.4 Å². The molecule has 0 aromatic heterocycles. The first-order chi connectivity index (χ1) is 12.0. The molecule has 0 saturated heterocycles. The molecule has 0 bridgehead atoms. The van der Waals surface area contributed by atoms with Gasteiger partial charge in [-0.1, -0.05) is 0 Å². The minimum absolute atomic E-state index is 0.190. The fraction of sp³-hybridized carbons (Fsp3) is 0.357. The highest BCUT2D eigenvalue weighted by atomic mass is 19.1. The van der Waals surface area contributed by atoms with Gasteiger partial charge in [0.25, 0.3) is 5.91 Å². The van der Waals surface area contributed by atoms with Crippen LogP contribution in [0.25, 0.3) is 0 Å². The lowest BCUT2D eigenvalue weighted by Gasteiger charge is -2.47. The number of amides is 2. The standard InChI is InChI=1S/C14H14B2FN3O6/c1-19-12(25)14(16,13(15,26)2-3-21)20-4-5-6(11(20)24)9(22)7(17)10(23)8(5)18/h3,22-23,26H,2,4,18H2,1H3,(H,19,25). The summed E-state index contributed by atoms with van der Waals surface area (Å²) >= 11 is 0. The average Bonchev–Trinajstić information content (AvgIpc) is 2.94. The van der Waals surface area contributed by atoms with Crippen molar-refractivity contribution in [1.82, 2.24) is 10.2 Å². The molecule has 2 unspecified atom stereocenters. The summed E-state index contributed by atoms with van der Waals surface area (Å²) in [4.78, 5) is 36.4. The number of anilines is 1. The fourth-order valence-electron chi connectivity index (χ4n) is 2.83. The highest BCUT2D eigenvalue weighted by molar-refractivity contribution is 6.37. The van der Waals surface area contributed by atoms with E-state index in [2.05, 4.69) is 5.32 Å². The van der Waals surface area contributed by atoms with E-state index in [1.54, 1.807) is 0 Å². The third kappa shape index (κ3) is 2.40. The number of rotatable bonds is 5. The van der Waals surface area contributed by atoms with Crippen molar-refractivity contribution in [2.75, 3.05) is 12.8 Å². The molecule has 26 heavy (non-hydrogen) atoms. The molecule has 0 saturated carbocycles. The predicted molar refractivity (Wildman–Crippen MR) is 88.0 cm³/mol. The number of nitrogen functional groups attached to an aromatic ring is 1. The van der Waals surface area contributed by atoms with Gasteiger partial charge in [-0.2, -0.15) is 4.39 Å². The van der Waals surface area contributed by atoms with E-state index in [1.807, 2.05) is 0 Å². The quantitative estimate of drug-likeness (QED) is 0.132. The summed E-state index contributed by atoms with van der Waals surface area (Å²) in [5, 5.41) is 32.0. The smallest absolute Gasteiger partial charge is 0.258 e. The van der Waals surface area contributed by atoms with Gasteiger partial charge < -0.3 is 36.1 Å². The van der Waals surface area contributed by atoms with Gasteiger partial charge in [0.1, 0.15) is 22.0 Å². The summed E-state index contributed by atoms with van der Waals surface area (Å²) in [5.74, 6) is -6.13. The molecule has 2 amide bonds. The van der Waals surface area contributed by atoms with Crippen molar-refractivity contribution in [2.24, 2.45) is 0 Å². The number of aldehydes is 1. The zero-order valence-electron chi connectivity index (χ0n) is 13.6. The Morgan fingerprint density at radius 3 is 2.50 bits per heavy atom. The number of halogens is 1. The Hall–Kier alpha value is -2.75. The van der Waals surface area contributed by atoms with Gasteiger partial charge in [-0.25, -0.2) is 0 Å². The summed E-state index contributed by atoms with van der Waals surface area (Å²) < 4.78 is 13.8. The number of benzene rings is 1. The van der Waals surface area contributed by atoms with Crippen LogP contribution in [0.4, 0.5) is 10.1 Å². The van der Waals surface area contributed by atoms with E-state index in [1.165, 1.54) is 0 Å². The number of likely N-dealkylation sites (N-methyl/N-ethyl adjacent to an activating group) is 1. The number of hydrogen-bond donors (Lipinski definition) is 5. The average molecular weight is 361 g/mol. The SMILES string of the molecule is [B]C(O)(CC=O)C([B])(C(=O)NC)N1Cc2c(N)c(O)c(F)c(O)c2C1=O. The predicted octanol–water partition coefficient (Wildman–Crippen LogP) is -2.17. The summed E-state index contributed by atoms with van der Waals surface area (Å²) in [6.07, 6.45) is -0.631. The molecule has 2 atom stereocenters. The molecule has 1 aromatic rings. The number of phenols is 2. The van der Waals surface area contributed by atoms with E-state index in [0.717, 1.165) is 7.05 Å². The van der Waals surface area contributed by atoms with E-state index in [-0.39, 0.29) is 11.8 Å². The van der Waals surface area contributed by atoms with Gasteiger partial charge in [-0.15, -0.1) is 0 Å². The van der Waals surface area contributed by atoms with Crippen LogP contribution in [-0.4, -0.2) is 72.0 Å². The Morgan fingerprint density at radius 2 is 2.00 bits per heavy atom. The van der Waals surface area contributed by atoms with E-state index >= 15 is 0 Å². The number of hydrogen-bond acceptors (Lipinski definition) is 7. The van der Waals surface area contributed by atoms with E-state index < -0.39 is 64.3 Å². The summed E-state index contributed by atoms with van der Waals surface area (Å²) in [5.41, 5.74) is -1.22. The molecule has 9 nitrogen and oxygen atoms in total. The first-order valence-corrected chi connectivity index (χ1v) is 7.25. The van der Waals surface area contributed by atoms with Crippen LogP contribution in [0.2, 0.25) is 0 Å². The maximum atomic E-state index is 13.8. The van der Waals surface area contributed by atoms with Crippen molar-refractivity contribution >= 4 is 39.5 Å². The third-order valence-electron chi connectivity index (χ3n) is 4.36. The lowest BCUT2D eigenvalue weighted by atomic mass is 9.53. The zero-order chi connectivity index (χ0) is 20.0. The summed E-state index contributed by atoms with van der Waals surface area (Å²) in [7, 11) is 12.7. The van der Waals surface area contributed by atoms with Crippen molar-refractivity contribution in [2.45, 2.75) is 23.9 Å². The number of nitrogens with zero attached hydrogens (tertiary/aromatic N) is 1. The van der Waals surface area contributed by atoms with Crippen LogP contribution in [0.5, 0.6) is 11.5 Å². The number of aliphatic hydroxyl groups is 1. The van der Waals surface area contributed by atoms with Gasteiger partial charge in [-0.05, 0) is 0 Å². The highest BCUT2D eigenvalue weighted by Gasteiger charge is 2.56. The molecule has 6 N–H and O–H groups in total. The molecule has 134 valence electrons. The Balaban J connectivity index is 2.69. The normalized spacial score (nSPS) is 18.0. The molecular weight excluding hydrogens is 347 g/mol. The van der Waals surface area contributed by atoms with Gasteiger partial charge >= 0.3 is 0 Å². The molecule has 1 aliphatic rings. The van der Waals surface area contributed by atoms with Crippen molar-refractivity contribution in [1.29, 1.82) is 0 Å². The number of fused-ring (bicyclic) bond motifs is 1. The molecule has 1 heterocycles. The Labute approximate surface area is 149 Å². The minimum atomic E-state index is -2.71. The molecule has 4 radical (unpaired) electrons. The second kappa shape index (κ2) is 6.20. The largest absolute Gasteiger partial charge is 0.504 e. The number of nitrogens with two attached hydrogens (primary N) is 1. The lowest BCUT2D eigenvalue weighted by Crippen LogP contribution is -2.72. The molecule has 0 spiro atoms. The monoisotopic (exact) mass is 361 g/mol. The van der Waals surface area contributed by atoms with Crippen LogP contribution in [0.1, 0.15) is 22.3 Å². The van der Waals surface area contributed by atoms with Crippen LogP contribution < -0.4 is 11.1 Å². The van der Waals surface area contributed by atoms with Crippen LogP contribution >= 0.6 is 0 Å². The molecule has 1 aliphatic heterocycles. The number of nitrogens with one attached hydrogen (secondary N) is 1. The van der Waals surface area contributed by atoms with Gasteiger partial charge in [0, 0.05) is 25.6 Å². The lowest BCUT2D eigenvalue weighted by molar-refractivity contribution is -0.135. The van der Waals surface area contributed by atoms with Crippen molar-refractivity contribution in [3.63, 3.8) is 0 Å². The third-order valence-corrected chi connectivity index (χ3v) is 4.36. The van der Waals surface area contributed by atoms with Crippen LogP contribution in [0, 0.1) is 5.82 Å². The Kier molecular flexibility index (Phi) is 4.67. The molecule has 12 heteroatoms. The molecule has 0 fully saturated rings. The zero-order valence-corrected chi connectivity index (χ0v) is 13.6. The summed E-state index contributed by atoms with van der Waals surface area (Å²) in [6.45, 7) is -0.594. The van der Waals surface area contributed by atoms with Crippen LogP contribution in [-0.2, 0) is 16.1 Å². The maximum absolute atomic E-state index is 13.8. The van der Waals surface area contributed by atoms with E-state index in [9.17, 15) is 34.1 Å². The van der Waals surface area contributed by atoms with Crippen molar-refractivity contribution < 1.29 is 34.1 Å². The van der Waals surface area contributed by atoms with Gasteiger partial charge in [0.15, 0.2) is 11.5 Å². The Bertz CT molecular complexity index is 819. The maximum Gasteiger partial charge on any atom is 0.258 e.